The summed E-state index contributed by atoms with van der Waals surface area (Å²) in [6.45, 7) is 3.18. The Kier molecular flexibility index (Phi) is 7.10. The molecule has 0 saturated carbocycles. The molecule has 1 aromatic rings. The number of hydrogen-bond acceptors (Lipinski definition) is 5. The second-order valence-electron chi connectivity index (χ2n) is 5.56. The summed E-state index contributed by atoms with van der Waals surface area (Å²) in [5.74, 6) is 0.793. The topological polar surface area (TPSA) is 74.8 Å². The summed E-state index contributed by atoms with van der Waals surface area (Å²) in [5.41, 5.74) is 1.90. The van der Waals surface area contributed by atoms with Crippen molar-refractivity contribution in [2.45, 2.75) is 31.9 Å². The third kappa shape index (κ3) is 5.35. The number of anilines is 1. The van der Waals surface area contributed by atoms with Crippen LogP contribution in [0.1, 0.15) is 24.8 Å². The van der Waals surface area contributed by atoms with Gasteiger partial charge in [0.2, 0.25) is 0 Å². The molecule has 1 atom stereocenters. The summed E-state index contributed by atoms with van der Waals surface area (Å²) >= 11 is 0. The predicted octanol–water partition coefficient (Wildman–Crippen LogP) is 1.86. The highest BCUT2D eigenvalue weighted by Gasteiger charge is 2.23. The standard InChI is InChI=1S/C16H22N4O2.HI/c21-15(14-6-2-9-22-14)20-13-5-1-4-12(10-13)11-19-16-17-7-3-8-18-16;/h1,4-5,10,14H,2-3,6-9,11H2,(H,20,21)(H2,17,18,19);1H. The lowest BCUT2D eigenvalue weighted by atomic mass is 10.2. The normalized spacial score (nSPS) is 20.0. The van der Waals surface area contributed by atoms with E-state index in [0.717, 1.165) is 49.6 Å². The Morgan fingerprint density at radius 2 is 2.30 bits per heavy atom. The number of halogens is 1. The summed E-state index contributed by atoms with van der Waals surface area (Å²) in [6.07, 6.45) is 2.54. The molecule has 0 aromatic heterocycles. The van der Waals surface area contributed by atoms with Gasteiger partial charge in [-0.2, -0.15) is 0 Å². The quantitative estimate of drug-likeness (QED) is 0.638. The molecule has 1 unspecified atom stereocenters. The van der Waals surface area contributed by atoms with Crippen LogP contribution in [0, 0.1) is 0 Å². The SMILES string of the molecule is I.O=C(Nc1cccc(CNC2=NCCCN2)c1)C1CCCO1. The van der Waals surface area contributed by atoms with Crippen LogP contribution < -0.4 is 16.0 Å². The van der Waals surface area contributed by atoms with Crippen molar-refractivity contribution in [2.75, 3.05) is 25.0 Å². The molecule has 23 heavy (non-hydrogen) atoms. The van der Waals surface area contributed by atoms with E-state index in [1.807, 2.05) is 24.3 Å². The fourth-order valence-corrected chi connectivity index (χ4v) is 2.60. The van der Waals surface area contributed by atoms with Crippen molar-refractivity contribution in [3.05, 3.63) is 29.8 Å². The maximum Gasteiger partial charge on any atom is 0.253 e. The van der Waals surface area contributed by atoms with E-state index in [0.29, 0.717) is 13.2 Å². The molecule has 0 spiro atoms. The molecular formula is C16H23IN4O2. The summed E-state index contributed by atoms with van der Waals surface area (Å²) in [7, 11) is 0. The third-order valence-electron chi connectivity index (χ3n) is 3.77. The van der Waals surface area contributed by atoms with Gasteiger partial charge in [-0.05, 0) is 37.0 Å². The molecule has 6 nitrogen and oxygen atoms in total. The average molecular weight is 430 g/mol. The van der Waals surface area contributed by atoms with Gasteiger partial charge in [-0.3, -0.25) is 9.79 Å². The van der Waals surface area contributed by atoms with Crippen molar-refractivity contribution in [3.8, 4) is 0 Å². The molecule has 2 heterocycles. The number of guanidine groups is 1. The van der Waals surface area contributed by atoms with Crippen LogP contribution in [0.25, 0.3) is 0 Å². The molecular weight excluding hydrogens is 407 g/mol. The smallest absolute Gasteiger partial charge is 0.253 e. The molecule has 126 valence electrons. The van der Waals surface area contributed by atoms with Crippen molar-refractivity contribution in [1.29, 1.82) is 0 Å². The van der Waals surface area contributed by atoms with Gasteiger partial charge in [0, 0.05) is 31.9 Å². The Labute approximate surface area is 153 Å². The van der Waals surface area contributed by atoms with Crippen molar-refractivity contribution in [1.82, 2.24) is 10.6 Å². The molecule has 7 heteroatoms. The number of carbonyl (C=O) groups excluding carboxylic acids is 1. The molecule has 1 amide bonds. The van der Waals surface area contributed by atoms with E-state index >= 15 is 0 Å². The lowest BCUT2D eigenvalue weighted by Gasteiger charge is -2.16. The lowest BCUT2D eigenvalue weighted by Crippen LogP contribution is -2.40. The molecule has 3 rings (SSSR count). The fourth-order valence-electron chi connectivity index (χ4n) is 2.60. The first kappa shape index (κ1) is 18.0. The minimum atomic E-state index is -0.303. The maximum atomic E-state index is 12.1. The highest BCUT2D eigenvalue weighted by Crippen LogP contribution is 2.16. The van der Waals surface area contributed by atoms with Crippen LogP contribution in [-0.4, -0.2) is 37.7 Å². The Morgan fingerprint density at radius 3 is 3.04 bits per heavy atom. The zero-order chi connectivity index (χ0) is 15.2. The minimum absolute atomic E-state index is 0. The second-order valence-corrected chi connectivity index (χ2v) is 5.56. The molecule has 0 radical (unpaired) electrons. The fraction of sp³-hybridized carbons (Fsp3) is 0.500. The largest absolute Gasteiger partial charge is 0.368 e. The number of hydrogen-bond donors (Lipinski definition) is 3. The molecule has 0 aliphatic carbocycles. The number of carbonyl (C=O) groups is 1. The van der Waals surface area contributed by atoms with Gasteiger partial charge >= 0.3 is 0 Å². The van der Waals surface area contributed by atoms with Crippen molar-refractivity contribution >= 4 is 41.5 Å². The van der Waals surface area contributed by atoms with Crippen LogP contribution in [0.4, 0.5) is 5.69 Å². The van der Waals surface area contributed by atoms with Gasteiger partial charge in [0.1, 0.15) is 6.10 Å². The Morgan fingerprint density at radius 1 is 1.39 bits per heavy atom. The van der Waals surface area contributed by atoms with Crippen LogP contribution in [0.5, 0.6) is 0 Å². The van der Waals surface area contributed by atoms with Crippen molar-refractivity contribution < 1.29 is 9.53 Å². The van der Waals surface area contributed by atoms with E-state index in [1.165, 1.54) is 0 Å². The van der Waals surface area contributed by atoms with E-state index in [4.69, 9.17) is 4.74 Å². The molecule has 1 aromatic carbocycles. The van der Waals surface area contributed by atoms with Crippen LogP contribution in [0.15, 0.2) is 29.3 Å². The number of ether oxygens (including phenoxy) is 1. The number of nitrogens with one attached hydrogen (secondary N) is 3. The Bertz CT molecular complexity index is 559. The summed E-state index contributed by atoms with van der Waals surface area (Å²) in [4.78, 5) is 16.4. The van der Waals surface area contributed by atoms with Gasteiger partial charge in [-0.15, -0.1) is 24.0 Å². The van der Waals surface area contributed by atoms with Crippen LogP contribution in [-0.2, 0) is 16.1 Å². The maximum absolute atomic E-state index is 12.1. The van der Waals surface area contributed by atoms with Gasteiger partial charge in [0.25, 0.3) is 5.91 Å². The molecule has 0 bridgehead atoms. The molecule has 2 aliphatic heterocycles. The van der Waals surface area contributed by atoms with Gasteiger partial charge in [0.15, 0.2) is 5.96 Å². The van der Waals surface area contributed by atoms with E-state index in [9.17, 15) is 4.79 Å². The Balaban J connectivity index is 0.00000192. The molecule has 2 aliphatic rings. The van der Waals surface area contributed by atoms with Crippen LogP contribution >= 0.6 is 24.0 Å². The van der Waals surface area contributed by atoms with Crippen LogP contribution in [0.3, 0.4) is 0 Å². The first-order chi connectivity index (χ1) is 10.8. The van der Waals surface area contributed by atoms with Crippen molar-refractivity contribution in [2.24, 2.45) is 4.99 Å². The second kappa shape index (κ2) is 9.07. The number of amides is 1. The zero-order valence-corrected chi connectivity index (χ0v) is 15.3. The number of benzene rings is 1. The summed E-state index contributed by atoms with van der Waals surface area (Å²) < 4.78 is 5.40. The van der Waals surface area contributed by atoms with Gasteiger partial charge in [0.05, 0.1) is 0 Å². The first-order valence-electron chi connectivity index (χ1n) is 7.85. The number of aliphatic imine (C=N–C) groups is 1. The average Bonchev–Trinajstić information content (AvgIpc) is 3.09. The molecule has 1 saturated heterocycles. The van der Waals surface area contributed by atoms with E-state index in [1.54, 1.807) is 0 Å². The Hall–Kier alpha value is -1.35. The third-order valence-corrected chi connectivity index (χ3v) is 3.77. The highest BCUT2D eigenvalue weighted by molar-refractivity contribution is 14.0. The lowest BCUT2D eigenvalue weighted by molar-refractivity contribution is -0.124. The number of rotatable bonds is 4. The molecule has 3 N–H and O–H groups in total. The van der Waals surface area contributed by atoms with E-state index < -0.39 is 0 Å². The highest BCUT2D eigenvalue weighted by atomic mass is 127. The van der Waals surface area contributed by atoms with Crippen molar-refractivity contribution in [3.63, 3.8) is 0 Å². The number of nitrogens with zero attached hydrogens (tertiary/aromatic N) is 1. The first-order valence-corrected chi connectivity index (χ1v) is 7.85. The van der Waals surface area contributed by atoms with Gasteiger partial charge < -0.3 is 20.7 Å². The predicted molar refractivity (Wildman–Crippen MR) is 101 cm³/mol. The summed E-state index contributed by atoms with van der Waals surface area (Å²) in [5, 5.41) is 9.43. The van der Waals surface area contributed by atoms with E-state index in [-0.39, 0.29) is 36.0 Å². The van der Waals surface area contributed by atoms with Gasteiger partial charge in [-0.25, -0.2) is 0 Å². The van der Waals surface area contributed by atoms with Crippen LogP contribution in [0.2, 0.25) is 0 Å². The summed E-state index contributed by atoms with van der Waals surface area (Å²) in [6, 6.07) is 7.84. The van der Waals surface area contributed by atoms with E-state index in [2.05, 4.69) is 20.9 Å². The monoisotopic (exact) mass is 430 g/mol. The van der Waals surface area contributed by atoms with Gasteiger partial charge in [-0.1, -0.05) is 12.1 Å². The minimum Gasteiger partial charge on any atom is -0.368 e. The zero-order valence-electron chi connectivity index (χ0n) is 13.0. The molecule has 1 fully saturated rings.